The van der Waals surface area contributed by atoms with Gasteiger partial charge in [0.05, 0.1) is 0 Å². The number of carboxylic acids is 1. The molecule has 0 spiro atoms. The molecule has 1 N–H and O–H groups in total. The molecule has 1 aliphatic heterocycles. The van der Waals surface area contributed by atoms with Crippen molar-refractivity contribution < 1.29 is 14.7 Å². The lowest BCUT2D eigenvalue weighted by molar-refractivity contribution is -0.146. The largest absolute Gasteiger partial charge is 0.480 e. The van der Waals surface area contributed by atoms with E-state index in [-0.39, 0.29) is 11.3 Å². The number of carbonyl (C=O) groups is 2. The molecule has 1 aliphatic rings. The molecule has 2 atom stereocenters. The molecule has 17 heavy (non-hydrogen) atoms. The number of aliphatic carboxylic acids is 1. The van der Waals surface area contributed by atoms with E-state index in [0.29, 0.717) is 25.3 Å². The number of hydrogen-bond donors (Lipinski definition) is 1. The molecule has 1 amide bonds. The summed E-state index contributed by atoms with van der Waals surface area (Å²) in [4.78, 5) is 24.2. The Labute approximate surface area is 103 Å². The van der Waals surface area contributed by atoms with Gasteiger partial charge >= 0.3 is 5.97 Å². The number of carbonyl (C=O) groups excluding carboxylic acids is 1. The third kappa shape index (κ3) is 4.02. The van der Waals surface area contributed by atoms with E-state index in [0.717, 1.165) is 6.42 Å². The van der Waals surface area contributed by atoms with Gasteiger partial charge in [0.1, 0.15) is 6.04 Å². The van der Waals surface area contributed by atoms with E-state index < -0.39 is 12.0 Å². The van der Waals surface area contributed by atoms with Crippen LogP contribution >= 0.6 is 0 Å². The summed E-state index contributed by atoms with van der Waals surface area (Å²) in [5.74, 6) is -0.559. The number of nitrogens with zero attached hydrogens (tertiary/aromatic N) is 1. The van der Waals surface area contributed by atoms with Crippen LogP contribution in [0.1, 0.15) is 47.0 Å². The molecule has 0 aromatic heterocycles. The first-order valence-corrected chi connectivity index (χ1v) is 6.23. The fourth-order valence-electron chi connectivity index (χ4n) is 2.67. The highest BCUT2D eigenvalue weighted by molar-refractivity contribution is 5.87. The predicted octanol–water partition coefficient (Wildman–Crippen LogP) is 2.13. The van der Waals surface area contributed by atoms with Crippen LogP contribution in [0.3, 0.4) is 0 Å². The van der Waals surface area contributed by atoms with Crippen molar-refractivity contribution in [2.24, 2.45) is 11.3 Å². The summed E-state index contributed by atoms with van der Waals surface area (Å²) in [5.41, 5.74) is 0.209. The molecule has 0 radical (unpaired) electrons. The zero-order valence-corrected chi connectivity index (χ0v) is 11.2. The number of carboxylic acid groups (broad SMARTS) is 1. The normalized spacial score (nSPS) is 22.9. The third-order valence-corrected chi connectivity index (χ3v) is 3.08. The summed E-state index contributed by atoms with van der Waals surface area (Å²) < 4.78 is 0. The summed E-state index contributed by atoms with van der Waals surface area (Å²) >= 11 is 0. The minimum Gasteiger partial charge on any atom is -0.480 e. The highest BCUT2D eigenvalue weighted by atomic mass is 16.4. The maximum Gasteiger partial charge on any atom is 0.326 e. The van der Waals surface area contributed by atoms with E-state index in [1.807, 2.05) is 0 Å². The SMILES string of the molecule is CC(CN1C(=O)CCC1C(=O)O)CC(C)(C)C. The van der Waals surface area contributed by atoms with Gasteiger partial charge in [0.25, 0.3) is 0 Å². The van der Waals surface area contributed by atoms with E-state index in [1.54, 1.807) is 4.90 Å². The Morgan fingerprint density at radius 2 is 2.12 bits per heavy atom. The predicted molar refractivity (Wildman–Crippen MR) is 65.6 cm³/mol. The van der Waals surface area contributed by atoms with Crippen molar-refractivity contribution in [1.82, 2.24) is 4.90 Å². The van der Waals surface area contributed by atoms with Crippen LogP contribution in [0, 0.1) is 11.3 Å². The second-order valence-electron chi connectivity index (χ2n) is 6.31. The van der Waals surface area contributed by atoms with Crippen LogP contribution in [0.15, 0.2) is 0 Å². The summed E-state index contributed by atoms with van der Waals surface area (Å²) in [6.45, 7) is 9.11. The Balaban J connectivity index is 2.59. The van der Waals surface area contributed by atoms with Gasteiger partial charge in [-0.1, -0.05) is 27.7 Å². The summed E-state index contributed by atoms with van der Waals surface area (Å²) in [7, 11) is 0. The lowest BCUT2D eigenvalue weighted by atomic mass is 9.85. The highest BCUT2D eigenvalue weighted by Crippen LogP contribution is 2.27. The van der Waals surface area contributed by atoms with Gasteiger partial charge in [0.15, 0.2) is 0 Å². The second-order valence-corrected chi connectivity index (χ2v) is 6.31. The van der Waals surface area contributed by atoms with Crippen LogP contribution in [0.5, 0.6) is 0 Å². The molecule has 1 heterocycles. The molecule has 1 fully saturated rings. The van der Waals surface area contributed by atoms with E-state index >= 15 is 0 Å². The Morgan fingerprint density at radius 1 is 1.53 bits per heavy atom. The quantitative estimate of drug-likeness (QED) is 0.820. The van der Waals surface area contributed by atoms with Crippen molar-refractivity contribution in [3.63, 3.8) is 0 Å². The Hall–Kier alpha value is -1.06. The number of amides is 1. The molecule has 0 aromatic carbocycles. The zero-order chi connectivity index (χ0) is 13.2. The minimum absolute atomic E-state index is 0.0156. The Morgan fingerprint density at radius 3 is 2.59 bits per heavy atom. The maximum atomic E-state index is 11.7. The summed E-state index contributed by atoms with van der Waals surface area (Å²) in [5, 5.41) is 9.05. The maximum absolute atomic E-state index is 11.7. The number of hydrogen-bond acceptors (Lipinski definition) is 2. The summed E-state index contributed by atoms with van der Waals surface area (Å²) in [6, 6.07) is -0.607. The molecule has 4 heteroatoms. The lowest BCUT2D eigenvalue weighted by Crippen LogP contribution is -2.41. The molecule has 0 bridgehead atoms. The lowest BCUT2D eigenvalue weighted by Gasteiger charge is -2.29. The molecule has 0 aromatic rings. The van der Waals surface area contributed by atoms with Gasteiger partial charge in [-0.2, -0.15) is 0 Å². The average molecular weight is 241 g/mol. The molecule has 0 saturated carbocycles. The van der Waals surface area contributed by atoms with Crippen molar-refractivity contribution in [1.29, 1.82) is 0 Å². The number of likely N-dealkylation sites (tertiary alicyclic amines) is 1. The number of rotatable bonds is 4. The van der Waals surface area contributed by atoms with Crippen LogP contribution in [-0.2, 0) is 9.59 Å². The van der Waals surface area contributed by atoms with Crippen LogP contribution in [0.25, 0.3) is 0 Å². The third-order valence-electron chi connectivity index (χ3n) is 3.08. The van der Waals surface area contributed by atoms with E-state index in [4.69, 9.17) is 5.11 Å². The molecule has 4 nitrogen and oxygen atoms in total. The van der Waals surface area contributed by atoms with Crippen LogP contribution in [0.2, 0.25) is 0 Å². The van der Waals surface area contributed by atoms with Gasteiger partial charge in [-0.3, -0.25) is 4.79 Å². The van der Waals surface area contributed by atoms with Crippen molar-refractivity contribution in [3.05, 3.63) is 0 Å². The molecular weight excluding hydrogens is 218 g/mol. The van der Waals surface area contributed by atoms with Crippen molar-refractivity contribution in [2.75, 3.05) is 6.54 Å². The Bertz CT molecular complexity index is 306. The van der Waals surface area contributed by atoms with Crippen LogP contribution in [-0.4, -0.2) is 34.5 Å². The van der Waals surface area contributed by atoms with Crippen molar-refractivity contribution in [2.45, 2.75) is 53.0 Å². The first-order valence-electron chi connectivity index (χ1n) is 6.23. The van der Waals surface area contributed by atoms with Crippen molar-refractivity contribution >= 4 is 11.9 Å². The highest BCUT2D eigenvalue weighted by Gasteiger charge is 2.36. The molecular formula is C13H23NO3. The summed E-state index contributed by atoms with van der Waals surface area (Å²) in [6.07, 6.45) is 1.82. The molecule has 0 aliphatic carbocycles. The average Bonchev–Trinajstić information content (AvgIpc) is 2.44. The monoisotopic (exact) mass is 241 g/mol. The molecule has 1 saturated heterocycles. The minimum atomic E-state index is -0.876. The van der Waals surface area contributed by atoms with E-state index in [2.05, 4.69) is 27.7 Å². The van der Waals surface area contributed by atoms with Crippen LogP contribution < -0.4 is 0 Å². The van der Waals surface area contributed by atoms with Gasteiger partial charge < -0.3 is 10.0 Å². The van der Waals surface area contributed by atoms with Gasteiger partial charge in [0, 0.05) is 13.0 Å². The van der Waals surface area contributed by atoms with Gasteiger partial charge in [-0.05, 0) is 24.2 Å². The smallest absolute Gasteiger partial charge is 0.326 e. The fraction of sp³-hybridized carbons (Fsp3) is 0.846. The van der Waals surface area contributed by atoms with Crippen molar-refractivity contribution in [3.8, 4) is 0 Å². The van der Waals surface area contributed by atoms with E-state index in [1.165, 1.54) is 0 Å². The first kappa shape index (κ1) is 14.0. The topological polar surface area (TPSA) is 57.6 Å². The van der Waals surface area contributed by atoms with Gasteiger partial charge in [-0.15, -0.1) is 0 Å². The zero-order valence-electron chi connectivity index (χ0n) is 11.2. The van der Waals surface area contributed by atoms with Gasteiger partial charge in [0.2, 0.25) is 5.91 Å². The molecule has 2 unspecified atom stereocenters. The standard InChI is InChI=1S/C13H23NO3/c1-9(7-13(2,3)4)8-14-10(12(16)17)5-6-11(14)15/h9-10H,5-8H2,1-4H3,(H,16,17). The molecule has 1 rings (SSSR count). The Kier molecular flexibility index (Phi) is 4.17. The fourth-order valence-corrected chi connectivity index (χ4v) is 2.67. The van der Waals surface area contributed by atoms with Gasteiger partial charge in [-0.25, -0.2) is 4.79 Å². The molecule has 98 valence electrons. The second kappa shape index (κ2) is 5.07. The van der Waals surface area contributed by atoms with Crippen LogP contribution in [0.4, 0.5) is 0 Å². The first-order chi connectivity index (χ1) is 7.70. The van der Waals surface area contributed by atoms with E-state index in [9.17, 15) is 9.59 Å².